The van der Waals surface area contributed by atoms with Crippen LogP contribution in [-0.4, -0.2) is 25.7 Å². The molecule has 0 spiro atoms. The maximum Gasteiger partial charge on any atom is 0.390 e. The minimum absolute atomic E-state index is 0.0940. The summed E-state index contributed by atoms with van der Waals surface area (Å²) in [5, 5.41) is 2.15. The third-order valence-corrected chi connectivity index (χ3v) is 2.20. The number of carbonyl (C=O) groups excluding carboxylic acids is 1. The molecule has 0 aliphatic rings. The van der Waals surface area contributed by atoms with E-state index in [1.807, 2.05) is 0 Å². The van der Waals surface area contributed by atoms with Gasteiger partial charge in [-0.05, 0) is 18.2 Å². The molecule has 18 heavy (non-hydrogen) atoms. The predicted octanol–water partition coefficient (Wildman–Crippen LogP) is 1.96. The molecule has 1 rings (SSSR count). The topological polar surface area (TPSA) is 64.3 Å². The van der Waals surface area contributed by atoms with Crippen molar-refractivity contribution >= 4 is 11.6 Å². The highest BCUT2D eigenvalue weighted by atomic mass is 19.4. The number of nitrogen functional groups attached to an aromatic ring is 1. The molecule has 1 amide bonds. The summed E-state index contributed by atoms with van der Waals surface area (Å²) >= 11 is 0. The minimum Gasteiger partial charge on any atom is -0.497 e. The van der Waals surface area contributed by atoms with Crippen LogP contribution < -0.4 is 15.8 Å². The van der Waals surface area contributed by atoms with Gasteiger partial charge in [0.1, 0.15) is 5.75 Å². The minimum atomic E-state index is -4.30. The van der Waals surface area contributed by atoms with E-state index in [0.717, 1.165) is 0 Å². The van der Waals surface area contributed by atoms with Crippen molar-refractivity contribution in [3.05, 3.63) is 23.8 Å². The normalized spacial score (nSPS) is 11.1. The molecule has 0 fully saturated rings. The Kier molecular flexibility index (Phi) is 4.41. The molecule has 100 valence electrons. The molecular weight excluding hydrogens is 249 g/mol. The molecule has 1 aromatic rings. The number of alkyl halides is 3. The third kappa shape index (κ3) is 4.15. The van der Waals surface area contributed by atoms with E-state index >= 15 is 0 Å². The molecule has 7 heteroatoms. The molecule has 0 aliphatic carbocycles. The van der Waals surface area contributed by atoms with Crippen LogP contribution in [0.1, 0.15) is 16.8 Å². The summed E-state index contributed by atoms with van der Waals surface area (Å²) in [5.74, 6) is -0.249. The zero-order chi connectivity index (χ0) is 13.8. The van der Waals surface area contributed by atoms with Crippen LogP contribution in [-0.2, 0) is 0 Å². The number of methoxy groups -OCH3 is 1. The first-order valence-electron chi connectivity index (χ1n) is 5.12. The van der Waals surface area contributed by atoms with Crippen molar-refractivity contribution in [2.75, 3.05) is 19.4 Å². The Labute approximate surface area is 102 Å². The molecule has 3 N–H and O–H groups in total. The molecule has 1 aromatic carbocycles. The van der Waals surface area contributed by atoms with Crippen LogP contribution >= 0.6 is 0 Å². The summed E-state index contributed by atoms with van der Waals surface area (Å²) in [6, 6.07) is 4.39. The van der Waals surface area contributed by atoms with Crippen molar-refractivity contribution in [3.63, 3.8) is 0 Å². The fraction of sp³-hybridized carbons (Fsp3) is 0.364. The van der Waals surface area contributed by atoms with Crippen molar-refractivity contribution in [2.45, 2.75) is 12.6 Å². The highest BCUT2D eigenvalue weighted by molar-refractivity contribution is 5.99. The molecule has 0 atom stereocenters. The summed E-state index contributed by atoms with van der Waals surface area (Å²) < 4.78 is 40.6. The van der Waals surface area contributed by atoms with Gasteiger partial charge < -0.3 is 15.8 Å². The highest BCUT2D eigenvalue weighted by Gasteiger charge is 2.26. The van der Waals surface area contributed by atoms with Gasteiger partial charge >= 0.3 is 6.18 Å². The second kappa shape index (κ2) is 5.61. The van der Waals surface area contributed by atoms with Gasteiger partial charge in [0.2, 0.25) is 0 Å². The number of halogens is 3. The van der Waals surface area contributed by atoms with Gasteiger partial charge in [0, 0.05) is 12.2 Å². The van der Waals surface area contributed by atoms with E-state index in [4.69, 9.17) is 10.5 Å². The van der Waals surface area contributed by atoms with Gasteiger partial charge in [0.05, 0.1) is 19.1 Å². The van der Waals surface area contributed by atoms with Gasteiger partial charge in [-0.2, -0.15) is 13.2 Å². The Morgan fingerprint density at radius 1 is 1.44 bits per heavy atom. The number of ether oxygens (including phenoxy) is 1. The van der Waals surface area contributed by atoms with Gasteiger partial charge in [0.25, 0.3) is 5.91 Å². The Hall–Kier alpha value is -1.92. The third-order valence-electron chi connectivity index (χ3n) is 2.20. The lowest BCUT2D eigenvalue weighted by molar-refractivity contribution is -0.132. The van der Waals surface area contributed by atoms with E-state index in [-0.39, 0.29) is 11.3 Å². The maximum atomic E-state index is 11.9. The lowest BCUT2D eigenvalue weighted by atomic mass is 10.1. The van der Waals surface area contributed by atoms with E-state index in [2.05, 4.69) is 5.32 Å². The number of amides is 1. The van der Waals surface area contributed by atoms with E-state index in [9.17, 15) is 18.0 Å². The Balaban J connectivity index is 2.66. The summed E-state index contributed by atoms with van der Waals surface area (Å²) in [4.78, 5) is 11.6. The molecule has 0 bridgehead atoms. The average molecular weight is 262 g/mol. The van der Waals surface area contributed by atoms with Crippen LogP contribution in [0.2, 0.25) is 0 Å². The predicted molar refractivity (Wildman–Crippen MR) is 60.4 cm³/mol. The summed E-state index contributed by atoms with van der Waals surface area (Å²) in [5.41, 5.74) is 5.84. The van der Waals surface area contributed by atoms with Gasteiger partial charge in [-0.3, -0.25) is 4.79 Å². The number of benzene rings is 1. The molecule has 0 unspecified atom stereocenters. The largest absolute Gasteiger partial charge is 0.497 e. The number of carbonyl (C=O) groups is 1. The number of anilines is 1. The van der Waals surface area contributed by atoms with Crippen LogP contribution in [0.3, 0.4) is 0 Å². The lowest BCUT2D eigenvalue weighted by Gasteiger charge is -2.10. The number of hydrogen-bond acceptors (Lipinski definition) is 3. The zero-order valence-electron chi connectivity index (χ0n) is 9.67. The molecule has 0 heterocycles. The molecule has 4 nitrogen and oxygen atoms in total. The number of hydrogen-bond donors (Lipinski definition) is 2. The molecular formula is C11H13F3N2O2. The van der Waals surface area contributed by atoms with Crippen molar-refractivity contribution < 1.29 is 22.7 Å². The van der Waals surface area contributed by atoms with Crippen LogP contribution in [0.4, 0.5) is 18.9 Å². The standard InChI is InChI=1S/C11H13F3N2O2/c1-18-7-2-3-9(15)8(6-7)10(17)16-5-4-11(12,13)14/h2-3,6H,4-5,15H2,1H3,(H,16,17). The maximum absolute atomic E-state index is 11.9. The van der Waals surface area contributed by atoms with Gasteiger partial charge in [-0.25, -0.2) is 0 Å². The first kappa shape index (κ1) is 14.1. The Morgan fingerprint density at radius 3 is 2.67 bits per heavy atom. The second-order valence-electron chi connectivity index (χ2n) is 3.57. The second-order valence-corrected chi connectivity index (χ2v) is 3.57. The molecule has 0 saturated carbocycles. The summed E-state index contributed by atoms with van der Waals surface area (Å²) in [6.07, 6.45) is -5.38. The van der Waals surface area contributed by atoms with Crippen LogP contribution in [0, 0.1) is 0 Å². The van der Waals surface area contributed by atoms with Gasteiger partial charge in [-0.15, -0.1) is 0 Å². The van der Waals surface area contributed by atoms with E-state index in [1.165, 1.54) is 19.2 Å². The quantitative estimate of drug-likeness (QED) is 0.815. The average Bonchev–Trinajstić information content (AvgIpc) is 2.27. The highest BCUT2D eigenvalue weighted by Crippen LogP contribution is 2.20. The van der Waals surface area contributed by atoms with E-state index < -0.39 is 25.0 Å². The molecule has 0 aliphatic heterocycles. The smallest absolute Gasteiger partial charge is 0.390 e. The van der Waals surface area contributed by atoms with E-state index in [1.54, 1.807) is 6.07 Å². The van der Waals surface area contributed by atoms with Crippen molar-refractivity contribution in [1.29, 1.82) is 0 Å². The van der Waals surface area contributed by atoms with E-state index in [0.29, 0.717) is 5.75 Å². The van der Waals surface area contributed by atoms with Crippen molar-refractivity contribution in [3.8, 4) is 5.75 Å². The molecule has 0 aromatic heterocycles. The fourth-order valence-electron chi connectivity index (χ4n) is 1.27. The number of nitrogens with two attached hydrogens (primary N) is 1. The van der Waals surface area contributed by atoms with Gasteiger partial charge in [0.15, 0.2) is 0 Å². The van der Waals surface area contributed by atoms with Gasteiger partial charge in [-0.1, -0.05) is 0 Å². The first-order valence-corrected chi connectivity index (χ1v) is 5.12. The molecule has 0 radical (unpaired) electrons. The number of rotatable bonds is 4. The summed E-state index contributed by atoms with van der Waals surface area (Å²) in [6.45, 7) is -0.487. The van der Waals surface area contributed by atoms with Crippen LogP contribution in [0.5, 0.6) is 5.75 Å². The monoisotopic (exact) mass is 262 g/mol. The Bertz CT molecular complexity index is 433. The van der Waals surface area contributed by atoms with Crippen molar-refractivity contribution in [2.24, 2.45) is 0 Å². The van der Waals surface area contributed by atoms with Crippen LogP contribution in [0.25, 0.3) is 0 Å². The fourth-order valence-corrected chi connectivity index (χ4v) is 1.27. The zero-order valence-corrected chi connectivity index (χ0v) is 9.67. The Morgan fingerprint density at radius 2 is 2.11 bits per heavy atom. The van der Waals surface area contributed by atoms with Crippen molar-refractivity contribution in [1.82, 2.24) is 5.32 Å². The lowest BCUT2D eigenvalue weighted by Crippen LogP contribution is -2.28. The molecule has 0 saturated heterocycles. The summed E-state index contributed by atoms with van der Waals surface area (Å²) in [7, 11) is 1.41. The SMILES string of the molecule is COc1ccc(N)c(C(=O)NCCC(F)(F)F)c1. The van der Waals surface area contributed by atoms with Crippen LogP contribution in [0.15, 0.2) is 18.2 Å². The number of nitrogens with one attached hydrogen (secondary N) is 1. The first-order chi connectivity index (χ1) is 8.33.